The second-order valence-electron chi connectivity index (χ2n) is 5.95. The number of rotatable bonds is 6. The van der Waals surface area contributed by atoms with Crippen LogP contribution in [-0.2, 0) is 11.3 Å². The fourth-order valence-corrected chi connectivity index (χ4v) is 2.25. The van der Waals surface area contributed by atoms with E-state index >= 15 is 0 Å². The summed E-state index contributed by atoms with van der Waals surface area (Å²) in [6.07, 6.45) is 0. The Bertz CT molecular complexity index is 670. The second-order valence-corrected chi connectivity index (χ2v) is 5.95. The largest absolute Gasteiger partial charge is 0.480 e. The van der Waals surface area contributed by atoms with Gasteiger partial charge in [0.25, 0.3) is 0 Å². The summed E-state index contributed by atoms with van der Waals surface area (Å²) in [5.41, 5.74) is 0.810. The van der Waals surface area contributed by atoms with Gasteiger partial charge < -0.3 is 15.3 Å². The van der Waals surface area contributed by atoms with Crippen LogP contribution in [0.25, 0.3) is 10.9 Å². The highest BCUT2D eigenvalue weighted by Crippen LogP contribution is 2.22. The van der Waals surface area contributed by atoms with Crippen molar-refractivity contribution < 1.29 is 9.90 Å². The molecule has 2 aromatic rings. The molecule has 0 fully saturated rings. The van der Waals surface area contributed by atoms with Gasteiger partial charge in [-0.1, -0.05) is 26.0 Å². The molecule has 2 N–H and O–H groups in total. The van der Waals surface area contributed by atoms with E-state index in [1.54, 1.807) is 0 Å². The predicted octanol–water partition coefficient (Wildman–Crippen LogP) is 2.21. The number of anilines is 1. The van der Waals surface area contributed by atoms with Crippen LogP contribution in [-0.4, -0.2) is 46.1 Å². The molecule has 0 aliphatic carbocycles. The number of aromatic nitrogens is 2. The molecule has 1 atom stereocenters. The van der Waals surface area contributed by atoms with Crippen LogP contribution in [0.1, 0.15) is 19.7 Å². The Morgan fingerprint density at radius 2 is 1.95 bits per heavy atom. The molecule has 6 heteroatoms. The van der Waals surface area contributed by atoms with Gasteiger partial charge >= 0.3 is 5.97 Å². The van der Waals surface area contributed by atoms with Gasteiger partial charge in [0.1, 0.15) is 17.7 Å². The van der Waals surface area contributed by atoms with E-state index in [9.17, 15) is 9.90 Å². The van der Waals surface area contributed by atoms with E-state index in [1.807, 2.05) is 57.1 Å². The summed E-state index contributed by atoms with van der Waals surface area (Å²) in [5, 5.41) is 13.3. The number of benzene rings is 1. The van der Waals surface area contributed by atoms with Crippen molar-refractivity contribution in [3.63, 3.8) is 0 Å². The molecule has 118 valence electrons. The smallest absolute Gasteiger partial charge is 0.326 e. The zero-order valence-electron chi connectivity index (χ0n) is 13.4. The fraction of sp³-hybridized carbons (Fsp3) is 0.438. The lowest BCUT2D eigenvalue weighted by Gasteiger charge is -2.20. The third-order valence-electron chi connectivity index (χ3n) is 3.33. The topological polar surface area (TPSA) is 78.4 Å². The maximum atomic E-state index is 11.4. The van der Waals surface area contributed by atoms with E-state index in [0.29, 0.717) is 18.2 Å². The standard InChI is InChI=1S/C16H22N4O2/c1-10(2)14(16(21)22)19-15-11-7-5-6-8-12(11)17-13(18-15)9-20(3)4/h5-8,10,14H,9H2,1-4H3,(H,21,22)(H,17,18,19). The molecule has 0 bridgehead atoms. The summed E-state index contributed by atoms with van der Waals surface area (Å²) in [6.45, 7) is 4.34. The van der Waals surface area contributed by atoms with Crippen LogP contribution in [0.15, 0.2) is 24.3 Å². The molecule has 0 aliphatic rings. The minimum Gasteiger partial charge on any atom is -0.480 e. The molecule has 0 saturated heterocycles. The lowest BCUT2D eigenvalue weighted by Crippen LogP contribution is -2.34. The molecule has 1 unspecified atom stereocenters. The van der Waals surface area contributed by atoms with Gasteiger partial charge in [-0.05, 0) is 32.1 Å². The Hall–Kier alpha value is -2.21. The Labute approximate surface area is 130 Å². The molecule has 1 heterocycles. The Morgan fingerprint density at radius 1 is 1.27 bits per heavy atom. The summed E-state index contributed by atoms with van der Waals surface area (Å²) in [4.78, 5) is 22.5. The maximum absolute atomic E-state index is 11.4. The maximum Gasteiger partial charge on any atom is 0.326 e. The van der Waals surface area contributed by atoms with Crippen LogP contribution >= 0.6 is 0 Å². The van der Waals surface area contributed by atoms with Gasteiger partial charge in [-0.3, -0.25) is 0 Å². The summed E-state index contributed by atoms with van der Waals surface area (Å²) in [7, 11) is 3.89. The zero-order chi connectivity index (χ0) is 16.3. The monoisotopic (exact) mass is 302 g/mol. The quantitative estimate of drug-likeness (QED) is 0.852. The first-order chi connectivity index (χ1) is 10.4. The lowest BCUT2D eigenvalue weighted by atomic mass is 10.0. The van der Waals surface area contributed by atoms with Gasteiger partial charge in [0.05, 0.1) is 12.1 Å². The molecule has 22 heavy (non-hydrogen) atoms. The first-order valence-corrected chi connectivity index (χ1v) is 7.28. The van der Waals surface area contributed by atoms with Crippen LogP contribution in [0.2, 0.25) is 0 Å². The average Bonchev–Trinajstić information content (AvgIpc) is 2.43. The number of hydrogen-bond donors (Lipinski definition) is 2. The molecule has 0 radical (unpaired) electrons. The van der Waals surface area contributed by atoms with E-state index < -0.39 is 12.0 Å². The summed E-state index contributed by atoms with van der Waals surface area (Å²) in [5.74, 6) is 0.304. The molecule has 0 spiro atoms. The van der Waals surface area contributed by atoms with Crippen LogP contribution in [0, 0.1) is 5.92 Å². The minimum absolute atomic E-state index is 0.0523. The Morgan fingerprint density at radius 3 is 2.55 bits per heavy atom. The van der Waals surface area contributed by atoms with Crippen LogP contribution in [0.3, 0.4) is 0 Å². The van der Waals surface area contributed by atoms with Crippen molar-refractivity contribution in [2.45, 2.75) is 26.4 Å². The Kier molecular flexibility index (Phi) is 4.92. The molecule has 2 rings (SSSR count). The normalized spacial score (nSPS) is 12.8. The van der Waals surface area contributed by atoms with E-state index in [0.717, 1.165) is 10.9 Å². The van der Waals surface area contributed by atoms with Gasteiger partial charge in [0.2, 0.25) is 0 Å². The molecule has 0 saturated carbocycles. The van der Waals surface area contributed by atoms with Crippen LogP contribution < -0.4 is 5.32 Å². The van der Waals surface area contributed by atoms with Crippen molar-refractivity contribution in [1.82, 2.24) is 14.9 Å². The highest BCUT2D eigenvalue weighted by molar-refractivity contribution is 5.90. The van der Waals surface area contributed by atoms with E-state index in [4.69, 9.17) is 0 Å². The highest BCUT2D eigenvalue weighted by atomic mass is 16.4. The highest BCUT2D eigenvalue weighted by Gasteiger charge is 2.23. The first-order valence-electron chi connectivity index (χ1n) is 7.28. The number of carboxylic acids is 1. The van der Waals surface area contributed by atoms with E-state index in [1.165, 1.54) is 0 Å². The van der Waals surface area contributed by atoms with Gasteiger partial charge in [-0.25, -0.2) is 14.8 Å². The zero-order valence-corrected chi connectivity index (χ0v) is 13.4. The van der Waals surface area contributed by atoms with Crippen molar-refractivity contribution in [1.29, 1.82) is 0 Å². The number of aliphatic carboxylic acids is 1. The predicted molar refractivity (Wildman–Crippen MR) is 86.8 cm³/mol. The van der Waals surface area contributed by atoms with Crippen LogP contribution in [0.4, 0.5) is 5.82 Å². The average molecular weight is 302 g/mol. The SMILES string of the molecule is CC(C)C(Nc1nc(CN(C)C)nc2ccccc12)C(=O)O. The number of carboxylic acid groups (broad SMARTS) is 1. The first kappa shape index (κ1) is 16.2. The van der Waals surface area contributed by atoms with Crippen molar-refractivity contribution >= 4 is 22.7 Å². The summed E-state index contributed by atoms with van der Waals surface area (Å²) in [6, 6.07) is 6.93. The summed E-state index contributed by atoms with van der Waals surface area (Å²) >= 11 is 0. The van der Waals surface area contributed by atoms with Crippen molar-refractivity contribution in [3.8, 4) is 0 Å². The third kappa shape index (κ3) is 3.71. The molecule has 6 nitrogen and oxygen atoms in total. The number of nitrogens with one attached hydrogen (secondary N) is 1. The van der Waals surface area contributed by atoms with Crippen molar-refractivity contribution in [3.05, 3.63) is 30.1 Å². The van der Waals surface area contributed by atoms with Crippen molar-refractivity contribution in [2.24, 2.45) is 5.92 Å². The number of fused-ring (bicyclic) bond motifs is 1. The van der Waals surface area contributed by atoms with E-state index in [2.05, 4.69) is 15.3 Å². The van der Waals surface area contributed by atoms with Gasteiger partial charge in [-0.15, -0.1) is 0 Å². The molecule has 1 aromatic heterocycles. The minimum atomic E-state index is -0.883. The lowest BCUT2D eigenvalue weighted by molar-refractivity contribution is -0.138. The van der Waals surface area contributed by atoms with Gasteiger partial charge in [0.15, 0.2) is 0 Å². The number of para-hydroxylation sites is 1. The third-order valence-corrected chi connectivity index (χ3v) is 3.33. The number of carbonyl (C=O) groups is 1. The van der Waals surface area contributed by atoms with Gasteiger partial charge in [0, 0.05) is 5.39 Å². The fourth-order valence-electron chi connectivity index (χ4n) is 2.25. The molecule has 0 aliphatic heterocycles. The Balaban J connectivity index is 2.47. The van der Waals surface area contributed by atoms with Gasteiger partial charge in [-0.2, -0.15) is 0 Å². The molecule has 1 aromatic carbocycles. The van der Waals surface area contributed by atoms with E-state index in [-0.39, 0.29) is 5.92 Å². The molecular weight excluding hydrogens is 280 g/mol. The van der Waals surface area contributed by atoms with Crippen molar-refractivity contribution in [2.75, 3.05) is 19.4 Å². The second kappa shape index (κ2) is 6.70. The van der Waals surface area contributed by atoms with Crippen LogP contribution in [0.5, 0.6) is 0 Å². The number of nitrogens with zero attached hydrogens (tertiary/aromatic N) is 3. The molecular formula is C16H22N4O2. The molecule has 0 amide bonds. The number of hydrogen-bond acceptors (Lipinski definition) is 5. The summed E-state index contributed by atoms with van der Waals surface area (Å²) < 4.78 is 0.